The zero-order valence-electron chi connectivity index (χ0n) is 15.6. The van der Waals surface area contributed by atoms with E-state index in [0.29, 0.717) is 23.1 Å². The van der Waals surface area contributed by atoms with Crippen LogP contribution in [0.2, 0.25) is 5.02 Å². The minimum Gasteiger partial charge on any atom is -0.493 e. The number of halogens is 1. The molecule has 0 aliphatic carbocycles. The van der Waals surface area contributed by atoms with Crippen LogP contribution < -0.4 is 14.9 Å². The van der Waals surface area contributed by atoms with Gasteiger partial charge in [-0.15, -0.1) is 0 Å². The molecule has 0 aliphatic heterocycles. The maximum absolute atomic E-state index is 6.02. The van der Waals surface area contributed by atoms with Crippen molar-refractivity contribution in [3.8, 4) is 11.5 Å². The van der Waals surface area contributed by atoms with E-state index in [2.05, 4.69) is 15.5 Å². The van der Waals surface area contributed by atoms with Gasteiger partial charge in [-0.3, -0.25) is 5.43 Å². The molecule has 0 unspecified atom stereocenters. The Balaban J connectivity index is 1.42. The Bertz CT molecular complexity index is 1130. The molecule has 0 saturated heterocycles. The van der Waals surface area contributed by atoms with Crippen LogP contribution in [0.1, 0.15) is 11.1 Å². The third-order valence-electron chi connectivity index (χ3n) is 4.14. The smallest absolute Gasteiger partial charge is 0.204 e. The number of nitrogens with one attached hydrogen (secondary N) is 1. The van der Waals surface area contributed by atoms with Gasteiger partial charge in [0, 0.05) is 5.02 Å². The molecule has 146 valence electrons. The molecule has 4 rings (SSSR count). The number of hydrazone groups is 1. The molecule has 0 atom stereocenters. The maximum atomic E-state index is 6.02. The zero-order chi connectivity index (χ0) is 20.1. The lowest BCUT2D eigenvalue weighted by Crippen LogP contribution is -1.98. The highest BCUT2D eigenvalue weighted by Crippen LogP contribution is 2.29. The fourth-order valence-electron chi connectivity index (χ4n) is 2.75. The largest absolute Gasteiger partial charge is 0.493 e. The quantitative estimate of drug-likeness (QED) is 0.293. The molecule has 0 spiro atoms. The summed E-state index contributed by atoms with van der Waals surface area (Å²) in [6, 6.07) is 21.2. The van der Waals surface area contributed by atoms with E-state index in [-0.39, 0.29) is 0 Å². The third kappa shape index (κ3) is 4.85. The molecular formula is C22H18ClN3O2S. The van der Waals surface area contributed by atoms with Crippen LogP contribution >= 0.6 is 22.9 Å². The average Bonchev–Trinajstić information content (AvgIpc) is 3.15. The second-order valence-corrected chi connectivity index (χ2v) is 7.65. The molecule has 0 bridgehead atoms. The highest BCUT2D eigenvalue weighted by molar-refractivity contribution is 7.22. The number of thiazole rings is 1. The molecule has 5 nitrogen and oxygen atoms in total. The lowest BCUT2D eigenvalue weighted by molar-refractivity contribution is 0.284. The van der Waals surface area contributed by atoms with E-state index in [1.807, 2.05) is 66.7 Å². The molecule has 0 fully saturated rings. The fraction of sp³-hybridized carbons (Fsp3) is 0.0909. The molecule has 0 saturated carbocycles. The summed E-state index contributed by atoms with van der Waals surface area (Å²) in [7, 11) is 1.61. The summed E-state index contributed by atoms with van der Waals surface area (Å²) < 4.78 is 12.5. The van der Waals surface area contributed by atoms with Crippen molar-refractivity contribution in [1.29, 1.82) is 0 Å². The molecule has 0 aliphatic rings. The van der Waals surface area contributed by atoms with Crippen molar-refractivity contribution in [3.63, 3.8) is 0 Å². The number of aromatic nitrogens is 1. The normalized spacial score (nSPS) is 11.1. The van der Waals surface area contributed by atoms with E-state index in [9.17, 15) is 0 Å². The molecule has 1 heterocycles. The van der Waals surface area contributed by atoms with Gasteiger partial charge in [-0.25, -0.2) is 4.98 Å². The number of para-hydroxylation sites is 1. The summed E-state index contributed by atoms with van der Waals surface area (Å²) in [6.45, 7) is 0.406. The maximum Gasteiger partial charge on any atom is 0.204 e. The number of fused-ring (bicyclic) bond motifs is 1. The highest BCUT2D eigenvalue weighted by Gasteiger charge is 2.06. The Morgan fingerprint density at radius 3 is 2.79 bits per heavy atom. The fourth-order valence-corrected chi connectivity index (χ4v) is 3.78. The Morgan fingerprint density at radius 2 is 1.97 bits per heavy atom. The molecule has 1 N–H and O–H groups in total. The molecule has 0 amide bonds. The van der Waals surface area contributed by atoms with Crippen LogP contribution in [-0.2, 0) is 6.61 Å². The van der Waals surface area contributed by atoms with Crippen molar-refractivity contribution in [3.05, 3.63) is 82.9 Å². The van der Waals surface area contributed by atoms with Crippen LogP contribution in [0, 0.1) is 0 Å². The number of hydrogen-bond acceptors (Lipinski definition) is 6. The summed E-state index contributed by atoms with van der Waals surface area (Å²) in [6.07, 6.45) is 1.72. The molecular weight excluding hydrogens is 406 g/mol. The van der Waals surface area contributed by atoms with Gasteiger partial charge in [0.25, 0.3) is 0 Å². The Labute approximate surface area is 177 Å². The van der Waals surface area contributed by atoms with Crippen LogP contribution in [-0.4, -0.2) is 18.3 Å². The van der Waals surface area contributed by atoms with Gasteiger partial charge >= 0.3 is 0 Å². The van der Waals surface area contributed by atoms with E-state index in [1.165, 1.54) is 0 Å². The van der Waals surface area contributed by atoms with Crippen molar-refractivity contribution in [2.24, 2.45) is 5.10 Å². The molecule has 29 heavy (non-hydrogen) atoms. The monoisotopic (exact) mass is 423 g/mol. The second kappa shape index (κ2) is 8.94. The number of methoxy groups -OCH3 is 1. The van der Waals surface area contributed by atoms with Crippen LogP contribution in [0.25, 0.3) is 10.2 Å². The topological polar surface area (TPSA) is 55.7 Å². The molecule has 1 aromatic heterocycles. The minimum atomic E-state index is 0.406. The lowest BCUT2D eigenvalue weighted by atomic mass is 10.2. The van der Waals surface area contributed by atoms with Gasteiger partial charge in [0.15, 0.2) is 11.5 Å². The first-order valence-electron chi connectivity index (χ1n) is 8.91. The van der Waals surface area contributed by atoms with Crippen molar-refractivity contribution in [2.75, 3.05) is 12.5 Å². The number of benzene rings is 3. The number of nitrogens with zero attached hydrogens (tertiary/aromatic N) is 2. The number of anilines is 1. The predicted molar refractivity (Wildman–Crippen MR) is 120 cm³/mol. The Morgan fingerprint density at radius 1 is 1.07 bits per heavy atom. The van der Waals surface area contributed by atoms with Gasteiger partial charge in [-0.1, -0.05) is 47.2 Å². The van der Waals surface area contributed by atoms with Gasteiger partial charge in [0.05, 0.1) is 23.5 Å². The molecule has 7 heteroatoms. The van der Waals surface area contributed by atoms with E-state index >= 15 is 0 Å². The van der Waals surface area contributed by atoms with E-state index < -0.39 is 0 Å². The number of rotatable bonds is 7. The Hall–Kier alpha value is -3.09. The summed E-state index contributed by atoms with van der Waals surface area (Å²) in [5.41, 5.74) is 5.81. The lowest BCUT2D eigenvalue weighted by Gasteiger charge is -2.11. The SMILES string of the molecule is COc1cc(/C=N\Nc2nc3ccccc3s2)ccc1OCc1cccc(Cl)c1. The second-order valence-electron chi connectivity index (χ2n) is 6.19. The van der Waals surface area contributed by atoms with Gasteiger partial charge in [-0.2, -0.15) is 5.10 Å². The first-order valence-corrected chi connectivity index (χ1v) is 10.1. The summed E-state index contributed by atoms with van der Waals surface area (Å²) in [4.78, 5) is 4.49. The van der Waals surface area contributed by atoms with E-state index in [0.717, 1.165) is 26.5 Å². The van der Waals surface area contributed by atoms with Gasteiger partial charge in [-0.05, 0) is 53.6 Å². The van der Waals surface area contributed by atoms with E-state index in [1.54, 1.807) is 24.7 Å². The third-order valence-corrected chi connectivity index (χ3v) is 5.31. The summed E-state index contributed by atoms with van der Waals surface area (Å²) >= 11 is 7.58. The molecule has 0 radical (unpaired) electrons. The first kappa shape index (κ1) is 19.2. The molecule has 4 aromatic rings. The minimum absolute atomic E-state index is 0.406. The summed E-state index contributed by atoms with van der Waals surface area (Å²) in [5.74, 6) is 1.29. The zero-order valence-corrected chi connectivity index (χ0v) is 17.2. The Kier molecular flexibility index (Phi) is 5.93. The van der Waals surface area contributed by atoms with Crippen LogP contribution in [0.3, 0.4) is 0 Å². The van der Waals surface area contributed by atoms with Crippen LogP contribution in [0.4, 0.5) is 5.13 Å². The average molecular weight is 424 g/mol. The van der Waals surface area contributed by atoms with E-state index in [4.69, 9.17) is 21.1 Å². The van der Waals surface area contributed by atoms with Crippen molar-refractivity contribution < 1.29 is 9.47 Å². The van der Waals surface area contributed by atoms with Crippen molar-refractivity contribution in [1.82, 2.24) is 4.98 Å². The first-order chi connectivity index (χ1) is 14.2. The van der Waals surface area contributed by atoms with Gasteiger partial charge in [0.1, 0.15) is 6.61 Å². The van der Waals surface area contributed by atoms with Gasteiger partial charge in [0.2, 0.25) is 5.13 Å². The number of hydrogen-bond donors (Lipinski definition) is 1. The van der Waals surface area contributed by atoms with Gasteiger partial charge < -0.3 is 9.47 Å². The standard InChI is InChI=1S/C22H18ClN3O2S/c1-27-20-12-15(9-10-19(20)28-14-16-5-4-6-17(23)11-16)13-24-26-22-25-18-7-2-3-8-21(18)29-22/h2-13H,14H2,1H3,(H,25,26)/b24-13-. The predicted octanol–water partition coefficient (Wildman–Crippen LogP) is 5.98. The molecule has 3 aromatic carbocycles. The highest BCUT2D eigenvalue weighted by atomic mass is 35.5. The number of ether oxygens (including phenoxy) is 2. The van der Waals surface area contributed by atoms with Crippen LogP contribution in [0.5, 0.6) is 11.5 Å². The van der Waals surface area contributed by atoms with Crippen molar-refractivity contribution in [2.45, 2.75) is 6.61 Å². The van der Waals surface area contributed by atoms with Crippen LogP contribution in [0.15, 0.2) is 71.8 Å². The van der Waals surface area contributed by atoms with Crippen molar-refractivity contribution >= 4 is 44.5 Å². The summed E-state index contributed by atoms with van der Waals surface area (Å²) in [5, 5.41) is 5.71.